The molecule has 1 aliphatic heterocycles. The maximum absolute atomic E-state index is 14.3. The van der Waals surface area contributed by atoms with Crippen LogP contribution in [0.5, 0.6) is 0 Å². The van der Waals surface area contributed by atoms with Crippen molar-refractivity contribution >= 4 is 15.9 Å². The Morgan fingerprint density at radius 1 is 1.25 bits per heavy atom. The summed E-state index contributed by atoms with van der Waals surface area (Å²) in [6.07, 6.45) is 2.15. The maximum Gasteiger partial charge on any atom is 0.129 e. The van der Waals surface area contributed by atoms with Crippen molar-refractivity contribution < 1.29 is 4.39 Å². The predicted octanol–water partition coefficient (Wildman–Crippen LogP) is 3.97. The topological polar surface area (TPSA) is 15.3 Å². The zero-order valence-electron chi connectivity index (χ0n) is 12.3. The smallest absolute Gasteiger partial charge is 0.129 e. The predicted molar refractivity (Wildman–Crippen MR) is 85.4 cm³/mol. The number of rotatable bonds is 5. The summed E-state index contributed by atoms with van der Waals surface area (Å²) in [6, 6.07) is 5.67. The Morgan fingerprint density at radius 2 is 1.95 bits per heavy atom. The summed E-state index contributed by atoms with van der Waals surface area (Å²) in [4.78, 5) is 2.42. The summed E-state index contributed by atoms with van der Waals surface area (Å²) in [5.74, 6) is 0.561. The third kappa shape index (κ3) is 4.27. The van der Waals surface area contributed by atoms with Gasteiger partial charge in [0.1, 0.15) is 5.82 Å². The van der Waals surface area contributed by atoms with Gasteiger partial charge in [-0.1, -0.05) is 35.8 Å². The first-order valence-corrected chi connectivity index (χ1v) is 8.27. The van der Waals surface area contributed by atoms with E-state index in [0.29, 0.717) is 5.92 Å². The van der Waals surface area contributed by atoms with E-state index in [4.69, 9.17) is 0 Å². The van der Waals surface area contributed by atoms with E-state index in [0.717, 1.165) is 49.1 Å². The Labute approximate surface area is 129 Å². The van der Waals surface area contributed by atoms with Gasteiger partial charge in [0.25, 0.3) is 0 Å². The van der Waals surface area contributed by atoms with Crippen molar-refractivity contribution in [3.63, 3.8) is 0 Å². The summed E-state index contributed by atoms with van der Waals surface area (Å²) >= 11 is 3.34. The van der Waals surface area contributed by atoms with Gasteiger partial charge in [0, 0.05) is 42.3 Å². The highest BCUT2D eigenvalue weighted by Crippen LogP contribution is 2.30. The molecule has 20 heavy (non-hydrogen) atoms. The number of hydrogen-bond donors (Lipinski definition) is 1. The number of nitrogens with zero attached hydrogens (tertiary/aromatic N) is 1. The van der Waals surface area contributed by atoms with Gasteiger partial charge < -0.3 is 5.32 Å². The number of hydrogen-bond acceptors (Lipinski definition) is 2. The minimum Gasteiger partial charge on any atom is -0.314 e. The van der Waals surface area contributed by atoms with Crippen LogP contribution in [-0.2, 0) is 0 Å². The molecule has 0 saturated carbocycles. The summed E-state index contributed by atoms with van der Waals surface area (Å²) in [6.45, 7) is 8.45. The average Bonchev–Trinajstić information content (AvgIpc) is 2.42. The second-order valence-corrected chi connectivity index (χ2v) is 6.85. The van der Waals surface area contributed by atoms with Crippen LogP contribution in [0.3, 0.4) is 0 Å². The van der Waals surface area contributed by atoms with Gasteiger partial charge in [0.2, 0.25) is 0 Å². The fourth-order valence-corrected chi connectivity index (χ4v) is 3.12. The second kappa shape index (κ2) is 7.53. The molecule has 1 saturated heterocycles. The van der Waals surface area contributed by atoms with E-state index in [2.05, 4.69) is 40.0 Å². The number of nitrogens with one attached hydrogen (secondary N) is 1. The zero-order valence-corrected chi connectivity index (χ0v) is 13.9. The quantitative estimate of drug-likeness (QED) is 0.870. The van der Waals surface area contributed by atoms with Crippen LogP contribution in [0.1, 0.15) is 38.3 Å². The highest BCUT2D eigenvalue weighted by molar-refractivity contribution is 9.10. The fraction of sp³-hybridized carbons (Fsp3) is 0.625. The average molecular weight is 343 g/mol. The summed E-state index contributed by atoms with van der Waals surface area (Å²) in [7, 11) is 0. The van der Waals surface area contributed by atoms with E-state index in [1.54, 1.807) is 6.07 Å². The molecule has 1 fully saturated rings. The molecule has 0 spiro atoms. The Hall–Kier alpha value is -0.450. The van der Waals surface area contributed by atoms with Gasteiger partial charge in [0.05, 0.1) is 0 Å². The third-order valence-corrected chi connectivity index (χ3v) is 4.42. The Kier molecular flexibility index (Phi) is 6.00. The minimum atomic E-state index is -0.0911. The largest absolute Gasteiger partial charge is 0.314 e. The molecule has 1 atom stereocenters. The van der Waals surface area contributed by atoms with Gasteiger partial charge in [-0.25, -0.2) is 4.39 Å². The molecule has 1 aromatic rings. The van der Waals surface area contributed by atoms with Crippen LogP contribution in [0, 0.1) is 11.7 Å². The van der Waals surface area contributed by atoms with Gasteiger partial charge in [-0.3, -0.25) is 4.90 Å². The van der Waals surface area contributed by atoms with E-state index in [-0.39, 0.29) is 11.9 Å². The van der Waals surface area contributed by atoms with Gasteiger partial charge in [-0.15, -0.1) is 0 Å². The molecule has 0 unspecified atom stereocenters. The van der Waals surface area contributed by atoms with Gasteiger partial charge >= 0.3 is 0 Å². The SMILES string of the molecule is CC(C)CC[C@@H](c1ccc(Br)cc1F)N1CCNCC1. The Morgan fingerprint density at radius 3 is 2.55 bits per heavy atom. The van der Waals surface area contributed by atoms with Crippen LogP contribution in [0.2, 0.25) is 0 Å². The molecular formula is C16H24BrFN2. The van der Waals surface area contributed by atoms with E-state index in [1.807, 2.05) is 12.1 Å². The highest BCUT2D eigenvalue weighted by Gasteiger charge is 2.24. The van der Waals surface area contributed by atoms with Crippen molar-refractivity contribution in [2.75, 3.05) is 26.2 Å². The van der Waals surface area contributed by atoms with Crippen LogP contribution in [0.4, 0.5) is 4.39 Å². The first-order valence-electron chi connectivity index (χ1n) is 7.47. The molecule has 1 aliphatic rings. The van der Waals surface area contributed by atoms with Gasteiger partial charge in [-0.05, 0) is 30.9 Å². The lowest BCUT2D eigenvalue weighted by atomic mass is 9.95. The lowest BCUT2D eigenvalue weighted by Crippen LogP contribution is -2.45. The van der Waals surface area contributed by atoms with Crippen LogP contribution in [-0.4, -0.2) is 31.1 Å². The first-order chi connectivity index (χ1) is 9.58. The molecule has 0 aromatic heterocycles. The second-order valence-electron chi connectivity index (χ2n) is 5.94. The normalized spacial score (nSPS) is 18.4. The van der Waals surface area contributed by atoms with Crippen molar-refractivity contribution in [3.8, 4) is 0 Å². The molecule has 112 valence electrons. The third-order valence-electron chi connectivity index (χ3n) is 3.93. The number of piperazine rings is 1. The molecule has 1 heterocycles. The molecule has 0 radical (unpaired) electrons. The number of benzene rings is 1. The zero-order chi connectivity index (χ0) is 14.5. The standard InChI is InChI=1S/C16H24BrFN2/c1-12(2)3-6-16(20-9-7-19-8-10-20)14-5-4-13(17)11-15(14)18/h4-5,11-12,16,19H,3,6-10H2,1-2H3/t16-/m0/s1. The summed E-state index contributed by atoms with van der Waals surface area (Å²) < 4.78 is 15.1. The maximum atomic E-state index is 14.3. The van der Waals surface area contributed by atoms with Crippen molar-refractivity contribution in [2.24, 2.45) is 5.92 Å². The van der Waals surface area contributed by atoms with Crippen molar-refractivity contribution in [2.45, 2.75) is 32.7 Å². The Bertz CT molecular complexity index is 430. The van der Waals surface area contributed by atoms with Crippen molar-refractivity contribution in [1.29, 1.82) is 0 Å². The minimum absolute atomic E-state index is 0.0911. The van der Waals surface area contributed by atoms with Crippen LogP contribution < -0.4 is 5.32 Å². The number of halogens is 2. The molecule has 1 aromatic carbocycles. The Balaban J connectivity index is 2.19. The van der Waals surface area contributed by atoms with Gasteiger partial charge in [0.15, 0.2) is 0 Å². The van der Waals surface area contributed by atoms with Gasteiger partial charge in [-0.2, -0.15) is 0 Å². The van der Waals surface area contributed by atoms with E-state index < -0.39 is 0 Å². The molecule has 0 bridgehead atoms. The van der Waals surface area contributed by atoms with Crippen molar-refractivity contribution in [1.82, 2.24) is 10.2 Å². The highest BCUT2D eigenvalue weighted by atomic mass is 79.9. The van der Waals surface area contributed by atoms with Crippen molar-refractivity contribution in [3.05, 3.63) is 34.1 Å². The van der Waals surface area contributed by atoms with E-state index in [9.17, 15) is 4.39 Å². The molecular weight excluding hydrogens is 319 g/mol. The molecule has 1 N–H and O–H groups in total. The summed E-state index contributed by atoms with van der Waals surface area (Å²) in [5, 5.41) is 3.37. The molecule has 2 rings (SSSR count). The van der Waals surface area contributed by atoms with E-state index in [1.165, 1.54) is 0 Å². The summed E-state index contributed by atoms with van der Waals surface area (Å²) in [5.41, 5.74) is 0.843. The van der Waals surface area contributed by atoms with E-state index >= 15 is 0 Å². The monoisotopic (exact) mass is 342 g/mol. The molecule has 4 heteroatoms. The van der Waals surface area contributed by atoms with Crippen LogP contribution in [0.15, 0.2) is 22.7 Å². The van der Waals surface area contributed by atoms with Crippen LogP contribution >= 0.6 is 15.9 Å². The fourth-order valence-electron chi connectivity index (χ4n) is 2.79. The molecule has 2 nitrogen and oxygen atoms in total. The lowest BCUT2D eigenvalue weighted by Gasteiger charge is -2.35. The first kappa shape index (κ1) is 15.9. The molecule has 0 amide bonds. The molecule has 0 aliphatic carbocycles. The lowest BCUT2D eigenvalue weighted by molar-refractivity contribution is 0.156. The van der Waals surface area contributed by atoms with Crippen LogP contribution in [0.25, 0.3) is 0 Å².